The molecule has 2 N–H and O–H groups in total. The number of amides is 2. The lowest BCUT2D eigenvalue weighted by molar-refractivity contribution is -0.140. The van der Waals surface area contributed by atoms with Crippen molar-refractivity contribution in [3.05, 3.63) is 35.9 Å². The topological polar surface area (TPSA) is 61.4 Å². The van der Waals surface area contributed by atoms with Crippen LogP contribution in [-0.2, 0) is 16.1 Å². The van der Waals surface area contributed by atoms with Crippen LogP contribution in [0.3, 0.4) is 0 Å². The highest BCUT2D eigenvalue weighted by atomic mass is 16.2. The molecule has 2 aliphatic rings. The van der Waals surface area contributed by atoms with Crippen molar-refractivity contribution in [1.29, 1.82) is 0 Å². The molecule has 1 aromatic carbocycles. The third-order valence-corrected chi connectivity index (χ3v) is 4.62. The van der Waals surface area contributed by atoms with Crippen LogP contribution in [0.4, 0.5) is 0 Å². The molecule has 5 heteroatoms. The lowest BCUT2D eigenvalue weighted by Gasteiger charge is -2.36. The maximum Gasteiger partial charge on any atom is 0.228 e. The van der Waals surface area contributed by atoms with Gasteiger partial charge in [0.05, 0.1) is 5.92 Å². The van der Waals surface area contributed by atoms with Crippen LogP contribution in [0, 0.1) is 11.8 Å². The van der Waals surface area contributed by atoms with E-state index in [0.29, 0.717) is 19.6 Å². The Morgan fingerprint density at radius 3 is 2.36 bits per heavy atom. The van der Waals surface area contributed by atoms with E-state index >= 15 is 0 Å². The van der Waals surface area contributed by atoms with Gasteiger partial charge in [0.1, 0.15) is 0 Å². The molecule has 118 valence electrons. The number of carbonyl (C=O) groups excluding carboxylic acids is 2. The molecule has 2 fully saturated rings. The van der Waals surface area contributed by atoms with Crippen molar-refractivity contribution in [2.24, 2.45) is 11.8 Å². The first kappa shape index (κ1) is 15.0. The van der Waals surface area contributed by atoms with Crippen LogP contribution in [-0.4, -0.2) is 42.9 Å². The summed E-state index contributed by atoms with van der Waals surface area (Å²) in [4.78, 5) is 26.3. The Kier molecular flexibility index (Phi) is 4.73. The summed E-state index contributed by atoms with van der Waals surface area (Å²) in [5.41, 5.74) is 1.11. The summed E-state index contributed by atoms with van der Waals surface area (Å²) in [5.74, 6) is 0.555. The van der Waals surface area contributed by atoms with Gasteiger partial charge in [-0.2, -0.15) is 0 Å². The van der Waals surface area contributed by atoms with Gasteiger partial charge in [0, 0.05) is 38.6 Å². The van der Waals surface area contributed by atoms with E-state index < -0.39 is 0 Å². The molecule has 5 nitrogen and oxygen atoms in total. The molecule has 2 aliphatic heterocycles. The monoisotopic (exact) mass is 301 g/mol. The molecule has 22 heavy (non-hydrogen) atoms. The van der Waals surface area contributed by atoms with Crippen molar-refractivity contribution in [2.45, 2.75) is 19.4 Å². The summed E-state index contributed by atoms with van der Waals surface area (Å²) in [7, 11) is 0. The van der Waals surface area contributed by atoms with Crippen molar-refractivity contribution in [2.75, 3.05) is 26.2 Å². The first-order valence-electron chi connectivity index (χ1n) is 8.05. The number of carbonyl (C=O) groups is 2. The zero-order valence-corrected chi connectivity index (χ0v) is 12.8. The summed E-state index contributed by atoms with van der Waals surface area (Å²) >= 11 is 0. The van der Waals surface area contributed by atoms with E-state index in [2.05, 4.69) is 10.6 Å². The second-order valence-corrected chi connectivity index (χ2v) is 6.16. The van der Waals surface area contributed by atoms with Crippen LogP contribution in [0.1, 0.15) is 18.4 Å². The number of nitrogens with one attached hydrogen (secondary N) is 2. The summed E-state index contributed by atoms with van der Waals surface area (Å²) in [6, 6.07) is 9.93. The number of likely N-dealkylation sites (tertiary alicyclic amines) is 1. The average Bonchev–Trinajstić information content (AvgIpc) is 2.52. The Labute approximate surface area is 131 Å². The van der Waals surface area contributed by atoms with Crippen molar-refractivity contribution < 1.29 is 9.59 Å². The molecular weight excluding hydrogens is 278 g/mol. The van der Waals surface area contributed by atoms with Gasteiger partial charge in [0.2, 0.25) is 11.8 Å². The predicted molar refractivity (Wildman–Crippen MR) is 84.0 cm³/mol. The van der Waals surface area contributed by atoms with Crippen LogP contribution in [0.25, 0.3) is 0 Å². The zero-order valence-electron chi connectivity index (χ0n) is 12.8. The van der Waals surface area contributed by atoms with Gasteiger partial charge in [-0.25, -0.2) is 0 Å². The lowest BCUT2D eigenvalue weighted by atomic mass is 9.93. The molecule has 0 unspecified atom stereocenters. The van der Waals surface area contributed by atoms with Gasteiger partial charge < -0.3 is 15.5 Å². The second kappa shape index (κ2) is 6.92. The second-order valence-electron chi connectivity index (χ2n) is 6.16. The summed E-state index contributed by atoms with van der Waals surface area (Å²) in [6.07, 6.45) is 1.54. The SMILES string of the molecule is O=C(NCc1ccccc1)C1CCN(C(=O)C2CNC2)CC1. The molecule has 0 atom stereocenters. The van der Waals surface area contributed by atoms with Crippen LogP contribution >= 0.6 is 0 Å². The molecule has 2 saturated heterocycles. The molecule has 0 bridgehead atoms. The van der Waals surface area contributed by atoms with E-state index in [1.165, 1.54) is 0 Å². The van der Waals surface area contributed by atoms with Crippen LogP contribution in [0.5, 0.6) is 0 Å². The van der Waals surface area contributed by atoms with E-state index in [1.54, 1.807) is 0 Å². The molecular formula is C17H23N3O2. The minimum atomic E-state index is 0.0345. The van der Waals surface area contributed by atoms with E-state index in [0.717, 1.165) is 31.5 Å². The zero-order chi connectivity index (χ0) is 15.4. The largest absolute Gasteiger partial charge is 0.352 e. The minimum absolute atomic E-state index is 0.0345. The predicted octanol–water partition coefficient (Wildman–Crippen LogP) is 0.761. The van der Waals surface area contributed by atoms with Crippen molar-refractivity contribution in [1.82, 2.24) is 15.5 Å². The van der Waals surface area contributed by atoms with Gasteiger partial charge in [-0.3, -0.25) is 9.59 Å². The van der Waals surface area contributed by atoms with Gasteiger partial charge in [-0.1, -0.05) is 30.3 Å². The molecule has 0 saturated carbocycles. The van der Waals surface area contributed by atoms with Gasteiger partial charge in [0.15, 0.2) is 0 Å². The Bertz CT molecular complexity index is 520. The summed E-state index contributed by atoms with van der Waals surface area (Å²) in [6.45, 7) is 3.59. The smallest absolute Gasteiger partial charge is 0.228 e. The quantitative estimate of drug-likeness (QED) is 0.863. The molecule has 0 aromatic heterocycles. The van der Waals surface area contributed by atoms with Crippen molar-refractivity contribution >= 4 is 11.8 Å². The first-order valence-corrected chi connectivity index (χ1v) is 8.05. The fourth-order valence-electron chi connectivity index (χ4n) is 3.01. The number of piperidine rings is 1. The average molecular weight is 301 g/mol. The number of benzene rings is 1. The standard InChI is InChI=1S/C17H23N3O2/c21-16(19-10-13-4-2-1-3-5-13)14-6-8-20(9-7-14)17(22)15-11-18-12-15/h1-5,14-15,18H,6-12H2,(H,19,21). The maximum absolute atomic E-state index is 12.2. The maximum atomic E-state index is 12.2. The molecule has 3 rings (SSSR count). The van der Waals surface area contributed by atoms with E-state index in [4.69, 9.17) is 0 Å². The summed E-state index contributed by atoms with van der Waals surface area (Å²) in [5, 5.41) is 6.13. The van der Waals surface area contributed by atoms with Gasteiger partial charge in [-0.15, -0.1) is 0 Å². The number of nitrogens with zero attached hydrogens (tertiary/aromatic N) is 1. The number of hydrogen-bond acceptors (Lipinski definition) is 3. The normalized spacial score (nSPS) is 19.5. The van der Waals surface area contributed by atoms with Gasteiger partial charge in [0.25, 0.3) is 0 Å². The minimum Gasteiger partial charge on any atom is -0.352 e. The van der Waals surface area contributed by atoms with E-state index in [9.17, 15) is 9.59 Å². The first-order chi connectivity index (χ1) is 10.7. The Morgan fingerprint density at radius 2 is 1.77 bits per heavy atom. The van der Waals surface area contributed by atoms with Crippen LogP contribution in [0.2, 0.25) is 0 Å². The third kappa shape index (κ3) is 3.47. The fourth-order valence-corrected chi connectivity index (χ4v) is 3.01. The Hall–Kier alpha value is -1.88. The van der Waals surface area contributed by atoms with E-state index in [1.807, 2.05) is 35.2 Å². The highest BCUT2D eigenvalue weighted by Gasteiger charge is 2.33. The van der Waals surface area contributed by atoms with Gasteiger partial charge >= 0.3 is 0 Å². The van der Waals surface area contributed by atoms with Crippen molar-refractivity contribution in [3.63, 3.8) is 0 Å². The fraction of sp³-hybridized carbons (Fsp3) is 0.529. The highest BCUT2D eigenvalue weighted by Crippen LogP contribution is 2.20. The molecule has 2 heterocycles. The lowest BCUT2D eigenvalue weighted by Crippen LogP contribution is -2.54. The molecule has 2 amide bonds. The Morgan fingerprint density at radius 1 is 1.09 bits per heavy atom. The number of rotatable bonds is 4. The van der Waals surface area contributed by atoms with Crippen LogP contribution in [0.15, 0.2) is 30.3 Å². The highest BCUT2D eigenvalue weighted by molar-refractivity contribution is 5.81. The molecule has 1 aromatic rings. The van der Waals surface area contributed by atoms with Gasteiger partial charge in [-0.05, 0) is 18.4 Å². The van der Waals surface area contributed by atoms with Crippen molar-refractivity contribution in [3.8, 4) is 0 Å². The molecule has 0 spiro atoms. The molecule has 0 aliphatic carbocycles. The number of hydrogen-bond donors (Lipinski definition) is 2. The third-order valence-electron chi connectivity index (χ3n) is 4.62. The van der Waals surface area contributed by atoms with Crippen LogP contribution < -0.4 is 10.6 Å². The Balaban J connectivity index is 1.42. The van der Waals surface area contributed by atoms with E-state index in [-0.39, 0.29) is 23.7 Å². The molecule has 0 radical (unpaired) electrons. The summed E-state index contributed by atoms with van der Waals surface area (Å²) < 4.78 is 0.